The third-order valence-corrected chi connectivity index (χ3v) is 5.74. The molecule has 0 saturated heterocycles. The number of anilines is 1. The molecular weight excluding hydrogens is 455 g/mol. The summed E-state index contributed by atoms with van der Waals surface area (Å²) < 4.78 is 64.3. The zero-order valence-electron chi connectivity index (χ0n) is 13.7. The monoisotopic (exact) mass is 467 g/mol. The topological polar surface area (TPSA) is 99.3 Å². The van der Waals surface area contributed by atoms with E-state index in [0.717, 1.165) is 7.05 Å². The molecule has 146 valence electrons. The van der Waals surface area contributed by atoms with Gasteiger partial charge in [-0.25, -0.2) is 8.42 Å². The number of H-pyrrole nitrogens is 1. The number of alkyl halides is 3. The molecule has 1 heterocycles. The fourth-order valence-electron chi connectivity index (χ4n) is 2.00. The number of pyridine rings is 1. The maximum Gasteiger partial charge on any atom is 0.417 e. The van der Waals surface area contributed by atoms with Gasteiger partial charge in [0, 0.05) is 17.7 Å². The summed E-state index contributed by atoms with van der Waals surface area (Å²) in [6, 6.07) is 6.13. The first-order valence-electron chi connectivity index (χ1n) is 7.23. The lowest BCUT2D eigenvalue weighted by Crippen LogP contribution is -2.36. The summed E-state index contributed by atoms with van der Waals surface area (Å²) in [6.07, 6.45) is -4.24. The molecule has 0 atom stereocenters. The molecular formula is C15H13BrF3N3O4S. The van der Waals surface area contributed by atoms with Crippen LogP contribution in [0.3, 0.4) is 0 Å². The van der Waals surface area contributed by atoms with Gasteiger partial charge in [0.2, 0.25) is 15.9 Å². The van der Waals surface area contributed by atoms with Gasteiger partial charge < -0.3 is 10.3 Å². The van der Waals surface area contributed by atoms with E-state index in [2.05, 4.69) is 15.9 Å². The number of carbonyl (C=O) groups is 1. The van der Waals surface area contributed by atoms with Crippen molar-refractivity contribution < 1.29 is 26.4 Å². The second-order valence-electron chi connectivity index (χ2n) is 5.39. The number of amides is 1. The predicted octanol–water partition coefficient (Wildman–Crippen LogP) is 2.42. The number of likely N-dealkylation sites (N-methyl/N-ethyl adjacent to an activating group) is 1. The summed E-state index contributed by atoms with van der Waals surface area (Å²) in [6.45, 7) is -0.700. The van der Waals surface area contributed by atoms with Gasteiger partial charge in [0.15, 0.2) is 0 Å². The Balaban J connectivity index is 2.16. The number of carbonyl (C=O) groups excluding carboxylic acids is 1. The van der Waals surface area contributed by atoms with Crippen LogP contribution in [0.5, 0.6) is 0 Å². The maximum atomic E-state index is 12.7. The van der Waals surface area contributed by atoms with Crippen LogP contribution in [0.1, 0.15) is 5.56 Å². The first kappa shape index (κ1) is 21.1. The molecule has 0 aliphatic carbocycles. The Hall–Kier alpha value is -2.18. The van der Waals surface area contributed by atoms with Crippen LogP contribution in [-0.2, 0) is 21.0 Å². The lowest BCUT2D eigenvalue weighted by atomic mass is 10.2. The number of rotatable bonds is 5. The van der Waals surface area contributed by atoms with Gasteiger partial charge in [-0.1, -0.05) is 15.9 Å². The van der Waals surface area contributed by atoms with Gasteiger partial charge in [0.05, 0.1) is 17.0 Å². The Labute approximate surface area is 160 Å². The largest absolute Gasteiger partial charge is 0.417 e. The Morgan fingerprint density at radius 1 is 1.26 bits per heavy atom. The number of hydrogen-bond donors (Lipinski definition) is 2. The highest BCUT2D eigenvalue weighted by Crippen LogP contribution is 2.29. The van der Waals surface area contributed by atoms with Gasteiger partial charge in [-0.3, -0.25) is 9.59 Å². The summed E-state index contributed by atoms with van der Waals surface area (Å²) in [7, 11) is -2.87. The van der Waals surface area contributed by atoms with E-state index in [4.69, 9.17) is 0 Å². The van der Waals surface area contributed by atoms with Crippen LogP contribution in [0.25, 0.3) is 0 Å². The molecule has 0 bridgehead atoms. The molecule has 1 aromatic carbocycles. The van der Waals surface area contributed by atoms with Crippen molar-refractivity contribution in [2.45, 2.75) is 11.1 Å². The SMILES string of the molecule is CN(CC(=O)Nc1cc(C(F)(F)F)c[nH]c1=O)S(=O)(=O)c1ccc(Br)cc1. The van der Waals surface area contributed by atoms with Gasteiger partial charge in [-0.2, -0.15) is 17.5 Å². The van der Waals surface area contributed by atoms with Crippen LogP contribution in [0.15, 0.2) is 50.7 Å². The molecule has 2 N–H and O–H groups in total. The molecule has 0 spiro atoms. The van der Waals surface area contributed by atoms with E-state index >= 15 is 0 Å². The van der Waals surface area contributed by atoms with Crippen molar-refractivity contribution in [3.8, 4) is 0 Å². The lowest BCUT2D eigenvalue weighted by Gasteiger charge is -2.17. The van der Waals surface area contributed by atoms with Crippen LogP contribution in [-0.4, -0.2) is 37.2 Å². The number of halogens is 4. The van der Waals surface area contributed by atoms with E-state index in [1.165, 1.54) is 24.3 Å². The van der Waals surface area contributed by atoms with Crippen LogP contribution in [0, 0.1) is 0 Å². The molecule has 0 aliphatic heterocycles. The second-order valence-corrected chi connectivity index (χ2v) is 8.35. The van der Waals surface area contributed by atoms with Crippen LogP contribution in [0.2, 0.25) is 0 Å². The fraction of sp³-hybridized carbons (Fsp3) is 0.200. The van der Waals surface area contributed by atoms with E-state index < -0.39 is 45.5 Å². The Bertz CT molecular complexity index is 1000. The van der Waals surface area contributed by atoms with Crippen LogP contribution < -0.4 is 10.9 Å². The highest BCUT2D eigenvalue weighted by Gasteiger charge is 2.31. The summed E-state index contributed by atoms with van der Waals surface area (Å²) in [4.78, 5) is 25.4. The third-order valence-electron chi connectivity index (χ3n) is 3.39. The number of benzene rings is 1. The summed E-state index contributed by atoms with van der Waals surface area (Å²) in [5, 5.41) is 1.99. The standard InChI is InChI=1S/C15H13BrF3N3O4S/c1-22(27(25,26)11-4-2-10(16)3-5-11)8-13(23)21-12-6-9(15(17,18)19)7-20-14(12)24/h2-7H,8H2,1H3,(H,20,24)(H,21,23). The van der Waals surface area contributed by atoms with E-state index in [9.17, 15) is 31.2 Å². The lowest BCUT2D eigenvalue weighted by molar-refractivity contribution is -0.137. The quantitative estimate of drug-likeness (QED) is 0.704. The predicted molar refractivity (Wildman–Crippen MR) is 94.7 cm³/mol. The van der Waals surface area contributed by atoms with E-state index in [1.54, 1.807) is 0 Å². The number of aromatic nitrogens is 1. The van der Waals surface area contributed by atoms with Gasteiger partial charge in [-0.05, 0) is 30.3 Å². The smallest absolute Gasteiger partial charge is 0.327 e. The molecule has 1 aromatic heterocycles. The molecule has 0 unspecified atom stereocenters. The Kier molecular flexibility index (Phi) is 6.12. The Morgan fingerprint density at radius 2 is 1.85 bits per heavy atom. The molecule has 2 rings (SSSR count). The zero-order chi connectivity index (χ0) is 20.4. The summed E-state index contributed by atoms with van der Waals surface area (Å²) in [5.41, 5.74) is -2.74. The molecule has 27 heavy (non-hydrogen) atoms. The summed E-state index contributed by atoms with van der Waals surface area (Å²) in [5.74, 6) is -0.969. The van der Waals surface area contributed by atoms with Crippen molar-refractivity contribution in [2.75, 3.05) is 18.9 Å². The molecule has 1 amide bonds. The molecule has 0 radical (unpaired) electrons. The highest BCUT2D eigenvalue weighted by atomic mass is 79.9. The molecule has 12 heteroatoms. The first-order valence-corrected chi connectivity index (χ1v) is 9.46. The maximum absolute atomic E-state index is 12.7. The van der Waals surface area contributed by atoms with Gasteiger partial charge >= 0.3 is 6.18 Å². The van der Waals surface area contributed by atoms with Gasteiger partial charge in [0.1, 0.15) is 5.69 Å². The number of nitrogens with one attached hydrogen (secondary N) is 2. The van der Waals surface area contributed by atoms with Crippen molar-refractivity contribution in [1.29, 1.82) is 0 Å². The number of sulfonamides is 1. The van der Waals surface area contributed by atoms with Crippen LogP contribution >= 0.6 is 15.9 Å². The average molecular weight is 468 g/mol. The van der Waals surface area contributed by atoms with E-state index in [0.29, 0.717) is 21.0 Å². The number of nitrogens with zero attached hydrogens (tertiary/aromatic N) is 1. The first-order chi connectivity index (χ1) is 12.4. The molecule has 0 aliphatic rings. The van der Waals surface area contributed by atoms with Gasteiger partial charge in [-0.15, -0.1) is 0 Å². The third kappa shape index (κ3) is 5.17. The fourth-order valence-corrected chi connectivity index (χ4v) is 3.40. The number of aromatic amines is 1. The highest BCUT2D eigenvalue weighted by molar-refractivity contribution is 9.10. The number of hydrogen-bond acceptors (Lipinski definition) is 4. The van der Waals surface area contributed by atoms with Crippen molar-refractivity contribution in [1.82, 2.24) is 9.29 Å². The van der Waals surface area contributed by atoms with Crippen molar-refractivity contribution in [2.24, 2.45) is 0 Å². The van der Waals surface area contributed by atoms with Crippen molar-refractivity contribution in [3.63, 3.8) is 0 Å². The zero-order valence-corrected chi connectivity index (χ0v) is 16.1. The second kappa shape index (κ2) is 7.82. The minimum absolute atomic E-state index is 0.0714. The normalized spacial score (nSPS) is 12.2. The molecule has 2 aromatic rings. The van der Waals surface area contributed by atoms with E-state index in [1.807, 2.05) is 10.3 Å². The molecule has 7 nitrogen and oxygen atoms in total. The molecule has 0 saturated carbocycles. The minimum atomic E-state index is -4.72. The minimum Gasteiger partial charge on any atom is -0.327 e. The molecule has 0 fully saturated rings. The van der Waals surface area contributed by atoms with Crippen LogP contribution in [0.4, 0.5) is 18.9 Å². The Morgan fingerprint density at radius 3 is 2.41 bits per heavy atom. The van der Waals surface area contributed by atoms with E-state index in [-0.39, 0.29) is 4.90 Å². The van der Waals surface area contributed by atoms with Crippen molar-refractivity contribution >= 4 is 37.5 Å². The van der Waals surface area contributed by atoms with Gasteiger partial charge in [0.25, 0.3) is 5.56 Å². The average Bonchev–Trinajstić information content (AvgIpc) is 2.56. The summed E-state index contributed by atoms with van der Waals surface area (Å²) >= 11 is 3.17. The van der Waals surface area contributed by atoms with Crippen molar-refractivity contribution in [3.05, 3.63) is 56.9 Å².